The van der Waals surface area contributed by atoms with Crippen LogP contribution in [-0.2, 0) is 19.6 Å². The number of ether oxygens (including phenoxy) is 1. The molecule has 148 valence electrons. The third kappa shape index (κ3) is 3.66. The monoisotopic (exact) mass is 395 g/mol. The second-order valence-corrected chi connectivity index (χ2v) is 9.29. The van der Waals surface area contributed by atoms with Crippen molar-refractivity contribution in [3.05, 3.63) is 29.8 Å². The Morgan fingerprint density at radius 2 is 1.85 bits per heavy atom. The fourth-order valence-electron chi connectivity index (χ4n) is 4.02. The lowest BCUT2D eigenvalue weighted by Gasteiger charge is -2.39. The molecule has 1 aromatic rings. The zero-order valence-corrected chi connectivity index (χ0v) is 16.8. The molecule has 0 unspecified atom stereocenters. The van der Waals surface area contributed by atoms with E-state index in [1.54, 1.807) is 38.2 Å². The second-order valence-electron chi connectivity index (χ2n) is 7.30. The van der Waals surface area contributed by atoms with Crippen LogP contribution in [0.2, 0.25) is 0 Å². The van der Waals surface area contributed by atoms with Gasteiger partial charge >= 0.3 is 0 Å². The molecule has 9 heteroatoms. The first-order chi connectivity index (χ1) is 12.6. The van der Waals surface area contributed by atoms with Gasteiger partial charge in [-0.05, 0) is 24.1 Å². The van der Waals surface area contributed by atoms with E-state index >= 15 is 0 Å². The van der Waals surface area contributed by atoms with Crippen LogP contribution in [-0.4, -0.2) is 80.9 Å². The van der Waals surface area contributed by atoms with E-state index in [9.17, 15) is 18.0 Å². The number of fused-ring (bicyclic) bond motifs is 1. The summed E-state index contributed by atoms with van der Waals surface area (Å²) >= 11 is 0. The first-order valence-corrected chi connectivity index (χ1v) is 10.6. The van der Waals surface area contributed by atoms with E-state index in [0.717, 1.165) is 11.8 Å². The van der Waals surface area contributed by atoms with Crippen molar-refractivity contribution in [3.8, 4) is 5.75 Å². The highest BCUT2D eigenvalue weighted by atomic mass is 32.2. The van der Waals surface area contributed by atoms with Crippen LogP contribution in [0.25, 0.3) is 0 Å². The van der Waals surface area contributed by atoms with Crippen molar-refractivity contribution in [2.45, 2.75) is 18.5 Å². The van der Waals surface area contributed by atoms with Crippen molar-refractivity contribution in [1.82, 2.24) is 14.1 Å². The average molecular weight is 395 g/mol. The van der Waals surface area contributed by atoms with Gasteiger partial charge in [-0.1, -0.05) is 12.1 Å². The maximum atomic E-state index is 12.8. The van der Waals surface area contributed by atoms with Gasteiger partial charge in [0.2, 0.25) is 21.8 Å². The summed E-state index contributed by atoms with van der Waals surface area (Å²) in [5.41, 5.74) is 0.847. The van der Waals surface area contributed by atoms with Gasteiger partial charge in [0, 0.05) is 26.7 Å². The van der Waals surface area contributed by atoms with Gasteiger partial charge < -0.3 is 14.5 Å². The third-order valence-corrected chi connectivity index (χ3v) is 6.51. The summed E-state index contributed by atoms with van der Waals surface area (Å²) in [7, 11) is 1.49. The van der Waals surface area contributed by atoms with Gasteiger partial charge in [-0.2, -0.15) is 4.31 Å². The smallest absolute Gasteiger partial charge is 0.238 e. The maximum Gasteiger partial charge on any atom is 0.238 e. The maximum absolute atomic E-state index is 12.8. The van der Waals surface area contributed by atoms with Crippen LogP contribution in [0.4, 0.5) is 0 Å². The summed E-state index contributed by atoms with van der Waals surface area (Å²) in [6.07, 6.45) is 1.54. The highest BCUT2D eigenvalue weighted by Crippen LogP contribution is 2.44. The molecule has 0 saturated carbocycles. The Labute approximate surface area is 159 Å². The van der Waals surface area contributed by atoms with Crippen LogP contribution in [0.15, 0.2) is 24.3 Å². The Morgan fingerprint density at radius 1 is 1.22 bits per heavy atom. The highest BCUT2D eigenvalue weighted by Gasteiger charge is 2.51. The topological polar surface area (TPSA) is 87.2 Å². The molecule has 8 nitrogen and oxygen atoms in total. The van der Waals surface area contributed by atoms with Crippen molar-refractivity contribution in [2.24, 2.45) is 5.92 Å². The van der Waals surface area contributed by atoms with E-state index < -0.39 is 22.0 Å². The molecular weight excluding hydrogens is 370 g/mol. The third-order valence-electron chi connectivity index (χ3n) is 5.30. The number of methoxy groups -OCH3 is 1. The molecule has 2 aliphatic heterocycles. The molecule has 2 fully saturated rings. The molecule has 0 aliphatic carbocycles. The number of nitrogens with zero attached hydrogens (tertiary/aromatic N) is 3. The Morgan fingerprint density at radius 3 is 2.37 bits per heavy atom. The van der Waals surface area contributed by atoms with Crippen LogP contribution >= 0.6 is 0 Å². The molecule has 2 saturated heterocycles. The minimum absolute atomic E-state index is 0.0658. The highest BCUT2D eigenvalue weighted by molar-refractivity contribution is 7.88. The van der Waals surface area contributed by atoms with Gasteiger partial charge in [0.15, 0.2) is 0 Å². The Kier molecular flexibility index (Phi) is 5.18. The van der Waals surface area contributed by atoms with E-state index in [2.05, 4.69) is 0 Å². The predicted molar refractivity (Wildman–Crippen MR) is 99.6 cm³/mol. The average Bonchev–Trinajstić information content (AvgIpc) is 3.00. The molecule has 0 radical (unpaired) electrons. The van der Waals surface area contributed by atoms with E-state index in [0.29, 0.717) is 12.2 Å². The van der Waals surface area contributed by atoms with Crippen molar-refractivity contribution in [1.29, 1.82) is 0 Å². The van der Waals surface area contributed by atoms with Crippen molar-refractivity contribution >= 4 is 21.8 Å². The Bertz CT molecular complexity index is 837. The zero-order chi connectivity index (χ0) is 19.9. The lowest BCUT2D eigenvalue weighted by Crippen LogP contribution is -2.55. The van der Waals surface area contributed by atoms with Gasteiger partial charge in [0.1, 0.15) is 5.75 Å². The zero-order valence-electron chi connectivity index (χ0n) is 16.0. The van der Waals surface area contributed by atoms with Gasteiger partial charge in [0.25, 0.3) is 0 Å². The minimum Gasteiger partial charge on any atom is -0.497 e. The molecule has 3 rings (SSSR count). The van der Waals surface area contributed by atoms with Crippen molar-refractivity contribution < 1.29 is 22.7 Å². The van der Waals surface area contributed by atoms with Crippen LogP contribution < -0.4 is 4.74 Å². The van der Waals surface area contributed by atoms with Gasteiger partial charge in [-0.25, -0.2) is 8.42 Å². The van der Waals surface area contributed by atoms with Crippen LogP contribution in [0, 0.1) is 5.92 Å². The number of carbonyl (C=O) groups is 2. The fourth-order valence-corrected chi connectivity index (χ4v) is 4.81. The summed E-state index contributed by atoms with van der Waals surface area (Å²) < 4.78 is 30.3. The molecule has 0 aromatic heterocycles. The van der Waals surface area contributed by atoms with E-state index in [1.165, 1.54) is 9.21 Å². The van der Waals surface area contributed by atoms with Crippen molar-refractivity contribution in [3.63, 3.8) is 0 Å². The second kappa shape index (κ2) is 7.12. The first kappa shape index (κ1) is 19.6. The summed E-state index contributed by atoms with van der Waals surface area (Å²) in [5, 5.41) is 0. The molecular formula is C18H25N3O5S. The predicted octanol–water partition coefficient (Wildman–Crippen LogP) is 0.317. The SMILES string of the molecule is COc1ccc([C@@H]2[C@H](C(=O)N(C)C)C[C@@H]3CN(S(C)(=O)=O)CC(=O)N32)cc1. The number of benzene rings is 1. The summed E-state index contributed by atoms with van der Waals surface area (Å²) in [5.74, 6) is -0.0608. The Balaban J connectivity index is 1.99. The molecule has 1 aromatic carbocycles. The van der Waals surface area contributed by atoms with Crippen molar-refractivity contribution in [2.75, 3.05) is 40.6 Å². The van der Waals surface area contributed by atoms with E-state index in [-0.39, 0.29) is 30.9 Å². The van der Waals surface area contributed by atoms with Crippen LogP contribution in [0.3, 0.4) is 0 Å². The number of amides is 2. The van der Waals surface area contributed by atoms with E-state index in [1.807, 2.05) is 12.1 Å². The summed E-state index contributed by atoms with van der Waals surface area (Å²) in [6, 6.07) is 6.59. The van der Waals surface area contributed by atoms with Gasteiger partial charge in [-0.15, -0.1) is 0 Å². The number of piperazine rings is 1. The molecule has 2 aliphatic rings. The number of rotatable bonds is 4. The quantitative estimate of drug-likeness (QED) is 0.733. The number of sulfonamides is 1. The van der Waals surface area contributed by atoms with Crippen LogP contribution in [0.1, 0.15) is 18.0 Å². The molecule has 0 spiro atoms. The molecule has 0 N–H and O–H groups in total. The summed E-state index contributed by atoms with van der Waals surface area (Å²) in [4.78, 5) is 28.9. The largest absolute Gasteiger partial charge is 0.497 e. The standard InChI is InChI=1S/C18H25N3O5S/c1-19(2)18(23)15-9-13-10-20(27(4,24)25)11-16(22)21(13)17(15)12-5-7-14(26-3)8-6-12/h5-8,13,15,17H,9-11H2,1-4H3/t13-,15-,17-/m1/s1. The van der Waals surface area contributed by atoms with E-state index in [4.69, 9.17) is 4.74 Å². The molecule has 0 bridgehead atoms. The normalized spacial score (nSPS) is 26.0. The minimum atomic E-state index is -3.47. The number of carbonyl (C=O) groups excluding carboxylic acids is 2. The molecule has 2 heterocycles. The van der Waals surface area contributed by atoms with Gasteiger partial charge in [0.05, 0.1) is 31.9 Å². The number of hydrogen-bond acceptors (Lipinski definition) is 5. The Hall–Kier alpha value is -2.13. The lowest BCUT2D eigenvalue weighted by molar-refractivity contribution is -0.139. The molecule has 2 amide bonds. The lowest BCUT2D eigenvalue weighted by atomic mass is 9.92. The van der Waals surface area contributed by atoms with Crippen LogP contribution in [0.5, 0.6) is 5.75 Å². The molecule has 27 heavy (non-hydrogen) atoms. The van der Waals surface area contributed by atoms with Gasteiger partial charge in [-0.3, -0.25) is 9.59 Å². The first-order valence-electron chi connectivity index (χ1n) is 8.75. The fraction of sp³-hybridized carbons (Fsp3) is 0.556. The molecule has 3 atom stereocenters. The summed E-state index contributed by atoms with van der Waals surface area (Å²) in [6.45, 7) is 0.0271. The number of hydrogen-bond donors (Lipinski definition) is 0.